The summed E-state index contributed by atoms with van der Waals surface area (Å²) in [5.41, 5.74) is 5.84. The second-order valence-corrected chi connectivity index (χ2v) is 26.4. The smallest absolute Gasteiger partial charge is 0.748 e. The van der Waals surface area contributed by atoms with Gasteiger partial charge in [-0.15, -0.1) is 0 Å². The van der Waals surface area contributed by atoms with Crippen LogP contribution in [0.15, 0.2) is 154 Å². The van der Waals surface area contributed by atoms with Crippen molar-refractivity contribution in [3.05, 3.63) is 161 Å². The van der Waals surface area contributed by atoms with Gasteiger partial charge in [-0.1, -0.05) is 56.8 Å². The first-order valence-electron chi connectivity index (χ1n) is 24.8. The van der Waals surface area contributed by atoms with Gasteiger partial charge in [-0.05, 0) is 157 Å². The standard InChI is InChI=1S/C56H61N3O14S4.2K.Na/c1-36(2)54(60)57-29-28-37-12-18-42(19-13-37)73-53-38(16-26-49-55(3,4)51-45-22-20-43(76(67,68)69)34-40(45)14-24-47(51)58(49)30-8-32-74(61,62)63)10-7-11-39(53)17-27-50-56(5,6)52-46-23-21-44(77(70,71)72)35-41(46)15-25-48(52)59(50)31-9-33-75(64,65)66;;;/h12-27,34-35H,1,7-11,28-33H2,2-6H3,(H4-,57,60,61,62,63,64,65,66,67,68,69,70,71,72);;;/q;3*+1/p-3. The van der Waals surface area contributed by atoms with E-state index in [1.807, 2.05) is 85.7 Å². The van der Waals surface area contributed by atoms with Crippen molar-refractivity contribution in [2.75, 3.05) is 36.0 Å². The zero-order valence-electron chi connectivity index (χ0n) is 46.1. The van der Waals surface area contributed by atoms with Gasteiger partial charge >= 0.3 is 132 Å². The fourth-order valence-electron chi connectivity index (χ4n) is 10.8. The van der Waals surface area contributed by atoms with Gasteiger partial charge in [-0.2, -0.15) is 4.58 Å². The molecule has 3 aliphatic rings. The normalized spacial score (nSPS) is 17.1. The van der Waals surface area contributed by atoms with Gasteiger partial charge in [-0.25, -0.2) is 33.7 Å². The summed E-state index contributed by atoms with van der Waals surface area (Å²) in [6.07, 6.45) is 10.1. The minimum absolute atomic E-state index is 0. The molecule has 0 unspecified atom stereocenters. The second-order valence-electron chi connectivity index (χ2n) is 20.6. The van der Waals surface area contributed by atoms with E-state index in [0.29, 0.717) is 82.2 Å². The van der Waals surface area contributed by atoms with E-state index in [-0.39, 0.29) is 174 Å². The number of amides is 1. The number of hydrogen-bond donors (Lipinski definition) is 1. The molecule has 5 aromatic rings. The van der Waals surface area contributed by atoms with Crippen LogP contribution in [0.2, 0.25) is 0 Å². The van der Waals surface area contributed by atoms with Crippen LogP contribution < -0.4 is 147 Å². The number of hydrogen-bond acceptors (Lipinski definition) is 15. The number of carbonyl (C=O) groups is 1. The molecule has 24 heteroatoms. The zero-order valence-corrected chi connectivity index (χ0v) is 57.6. The quantitative estimate of drug-likeness (QED) is 0.0449. The Morgan fingerprint density at radius 1 is 0.725 bits per heavy atom. The van der Waals surface area contributed by atoms with Crippen molar-refractivity contribution in [3.63, 3.8) is 0 Å². The minimum Gasteiger partial charge on any atom is -0.748 e. The third-order valence-electron chi connectivity index (χ3n) is 14.4. The molecule has 5 aromatic carbocycles. The summed E-state index contributed by atoms with van der Waals surface area (Å²) in [6.45, 7) is 13.9. The van der Waals surface area contributed by atoms with E-state index in [2.05, 4.69) is 11.9 Å². The number of nitrogens with one attached hydrogen (secondary N) is 1. The summed E-state index contributed by atoms with van der Waals surface area (Å²) in [4.78, 5) is 13.3. The average Bonchev–Trinajstić information content (AvgIpc) is 3.69. The number of ether oxygens (including phenoxy) is 1. The van der Waals surface area contributed by atoms with Crippen LogP contribution in [-0.2, 0) is 62.5 Å². The topological polar surface area (TPSA) is 273 Å². The molecular weight excluding hydrogens is 1170 g/mol. The van der Waals surface area contributed by atoms with Crippen molar-refractivity contribution in [2.45, 2.75) is 93.8 Å². The van der Waals surface area contributed by atoms with Crippen molar-refractivity contribution in [3.8, 4) is 5.75 Å². The van der Waals surface area contributed by atoms with E-state index in [1.54, 1.807) is 43.3 Å². The molecule has 0 saturated carbocycles. The molecule has 0 aromatic heterocycles. The van der Waals surface area contributed by atoms with Crippen LogP contribution in [0.3, 0.4) is 0 Å². The number of benzene rings is 5. The largest absolute Gasteiger partial charge is 1.00 e. The van der Waals surface area contributed by atoms with Crippen LogP contribution in [0.25, 0.3) is 21.5 Å². The summed E-state index contributed by atoms with van der Waals surface area (Å²) in [6, 6.07) is 22.8. The molecule has 0 fully saturated rings. The minimum atomic E-state index is -4.77. The van der Waals surface area contributed by atoms with Crippen LogP contribution in [0.5, 0.6) is 5.75 Å². The maximum atomic E-state index is 12.1. The van der Waals surface area contributed by atoms with Gasteiger partial charge in [0.05, 0.1) is 35.4 Å². The van der Waals surface area contributed by atoms with Gasteiger partial charge in [0, 0.05) is 71.1 Å². The molecule has 0 saturated heterocycles. The van der Waals surface area contributed by atoms with Crippen molar-refractivity contribution in [1.82, 2.24) is 5.32 Å². The fourth-order valence-corrected chi connectivity index (χ4v) is 12.7. The van der Waals surface area contributed by atoms with E-state index in [9.17, 15) is 56.7 Å². The Kier molecular flexibility index (Phi) is 23.3. The maximum Gasteiger partial charge on any atom is 1.00 e. The number of anilines is 1. The number of carbonyl (C=O) groups excluding carboxylic acids is 1. The molecule has 0 spiro atoms. The van der Waals surface area contributed by atoms with Gasteiger partial charge in [0.1, 0.15) is 38.3 Å². The third kappa shape index (κ3) is 15.9. The SMILES string of the molecule is C=C(C)C(=O)NCCc1ccc(OC2=C(C=CC3=[N+](CCCS(=O)(=O)[O-])c4ccc5cc(S(=O)(=O)[O-])ccc5c4C3(C)C)CCCC2=CC=C2N(CCCS(=O)(=O)[O-])c3ccc4cc(S(=O)(=O)[O-])ccc4c3C2(C)C)cc1.[K+].[K+].[Na+]. The Bertz CT molecular complexity index is 3910. The molecule has 408 valence electrons. The first kappa shape index (κ1) is 68.8. The van der Waals surface area contributed by atoms with E-state index < -0.39 is 62.8 Å². The second kappa shape index (κ2) is 27.1. The Morgan fingerprint density at radius 3 is 1.88 bits per heavy atom. The molecule has 0 radical (unpaired) electrons. The number of rotatable bonds is 19. The Balaban J connectivity index is 0.00000392. The summed E-state index contributed by atoms with van der Waals surface area (Å²) in [5, 5.41) is 5.22. The molecular formula is C56H58K2N3NaO14S4. The number of allylic oxidation sites excluding steroid dienone is 7. The number of fused-ring (bicyclic) bond motifs is 6. The molecule has 0 bridgehead atoms. The van der Waals surface area contributed by atoms with Crippen molar-refractivity contribution in [1.29, 1.82) is 0 Å². The van der Waals surface area contributed by atoms with E-state index in [4.69, 9.17) is 4.74 Å². The summed E-state index contributed by atoms with van der Waals surface area (Å²) in [5.74, 6) is -0.412. The Labute approximate surface area is 576 Å². The molecule has 2 heterocycles. The van der Waals surface area contributed by atoms with Gasteiger partial charge in [0.2, 0.25) is 11.6 Å². The van der Waals surface area contributed by atoms with Crippen molar-refractivity contribution < 1.29 is 198 Å². The van der Waals surface area contributed by atoms with Crippen LogP contribution in [0.1, 0.15) is 83.4 Å². The molecule has 8 rings (SSSR count). The molecule has 1 aliphatic carbocycles. The summed E-state index contributed by atoms with van der Waals surface area (Å²) < 4.78 is 152. The van der Waals surface area contributed by atoms with Crippen LogP contribution in [0, 0.1) is 0 Å². The van der Waals surface area contributed by atoms with Crippen molar-refractivity contribution in [2.24, 2.45) is 0 Å². The van der Waals surface area contributed by atoms with E-state index >= 15 is 0 Å². The van der Waals surface area contributed by atoms with Gasteiger partial charge in [0.15, 0.2) is 5.71 Å². The molecule has 0 atom stereocenters. The Morgan fingerprint density at radius 2 is 1.30 bits per heavy atom. The van der Waals surface area contributed by atoms with Gasteiger partial charge in [0.25, 0.3) is 0 Å². The number of nitrogens with zero attached hydrogens (tertiary/aromatic N) is 2. The predicted octanol–water partition coefficient (Wildman–Crippen LogP) is -1.02. The molecule has 2 aliphatic heterocycles. The molecule has 1 N–H and O–H groups in total. The maximum absolute atomic E-state index is 12.1. The average molecular weight is 1230 g/mol. The first-order valence-corrected chi connectivity index (χ1v) is 30.8. The Hall–Kier alpha value is -2.03. The molecule has 17 nitrogen and oxygen atoms in total. The fraction of sp³-hybridized carbons (Fsp3) is 0.321. The predicted molar refractivity (Wildman–Crippen MR) is 290 cm³/mol. The first-order chi connectivity index (χ1) is 35.9. The monoisotopic (exact) mass is 1230 g/mol. The zero-order chi connectivity index (χ0) is 56.0. The van der Waals surface area contributed by atoms with Crippen LogP contribution in [0.4, 0.5) is 11.4 Å². The summed E-state index contributed by atoms with van der Waals surface area (Å²) in [7, 11) is -18.7. The van der Waals surface area contributed by atoms with E-state index in [1.165, 1.54) is 24.3 Å². The van der Waals surface area contributed by atoms with Crippen molar-refractivity contribution >= 4 is 85.0 Å². The van der Waals surface area contributed by atoms with Gasteiger partial charge < -0.3 is 33.2 Å². The van der Waals surface area contributed by atoms with Crippen LogP contribution >= 0.6 is 0 Å². The van der Waals surface area contributed by atoms with E-state index in [0.717, 1.165) is 39.2 Å². The summed E-state index contributed by atoms with van der Waals surface area (Å²) >= 11 is 0. The molecule has 80 heavy (non-hydrogen) atoms. The van der Waals surface area contributed by atoms with Crippen LogP contribution in [-0.4, -0.2) is 99.2 Å². The third-order valence-corrected chi connectivity index (χ3v) is 17.6. The van der Waals surface area contributed by atoms with Gasteiger partial charge in [-0.3, -0.25) is 4.79 Å². The molecule has 1 amide bonds.